The van der Waals surface area contributed by atoms with E-state index in [0.29, 0.717) is 17.9 Å². The molecule has 16 heavy (non-hydrogen) atoms. The molecule has 0 bridgehead atoms. The van der Waals surface area contributed by atoms with Crippen LogP contribution in [0, 0.1) is 11.8 Å². The fourth-order valence-corrected chi connectivity index (χ4v) is 1.50. The van der Waals surface area contributed by atoms with E-state index in [1.54, 1.807) is 25.1 Å². The second-order valence-electron chi connectivity index (χ2n) is 2.95. The van der Waals surface area contributed by atoms with Gasteiger partial charge in [0.25, 0.3) is 5.91 Å². The zero-order valence-electron chi connectivity index (χ0n) is 9.13. The first-order chi connectivity index (χ1) is 7.69. The van der Waals surface area contributed by atoms with Gasteiger partial charge in [0.1, 0.15) is 5.75 Å². The monoisotopic (exact) mass is 281 g/mol. The molecular weight excluding hydrogens is 270 g/mol. The molecule has 1 aromatic rings. The molecule has 0 saturated carbocycles. The highest BCUT2D eigenvalue weighted by Crippen LogP contribution is 2.23. The van der Waals surface area contributed by atoms with E-state index in [0.717, 1.165) is 4.47 Å². The summed E-state index contributed by atoms with van der Waals surface area (Å²) in [6, 6.07) is 5.25. The molecule has 84 valence electrons. The lowest BCUT2D eigenvalue weighted by Gasteiger charge is -2.08. The topological polar surface area (TPSA) is 38.3 Å². The van der Waals surface area contributed by atoms with Crippen molar-refractivity contribution in [2.24, 2.45) is 0 Å². The van der Waals surface area contributed by atoms with Crippen LogP contribution in [0.4, 0.5) is 0 Å². The molecule has 0 aliphatic carbocycles. The third-order valence-electron chi connectivity index (χ3n) is 1.92. The van der Waals surface area contributed by atoms with Crippen molar-refractivity contribution in [3.8, 4) is 17.6 Å². The molecule has 0 unspecified atom stereocenters. The van der Waals surface area contributed by atoms with Crippen molar-refractivity contribution in [1.82, 2.24) is 5.32 Å². The van der Waals surface area contributed by atoms with E-state index in [2.05, 4.69) is 33.1 Å². The highest BCUT2D eigenvalue weighted by Gasteiger charge is 2.11. The number of rotatable bonds is 3. The van der Waals surface area contributed by atoms with Crippen LogP contribution < -0.4 is 10.1 Å². The molecule has 0 heterocycles. The van der Waals surface area contributed by atoms with E-state index < -0.39 is 0 Å². The molecule has 1 aromatic carbocycles. The zero-order valence-corrected chi connectivity index (χ0v) is 10.7. The van der Waals surface area contributed by atoms with Crippen LogP contribution in [0.2, 0.25) is 0 Å². The summed E-state index contributed by atoms with van der Waals surface area (Å²) in [7, 11) is 1.53. The number of amides is 1. The largest absolute Gasteiger partial charge is 0.496 e. The van der Waals surface area contributed by atoms with Crippen molar-refractivity contribution in [2.75, 3.05) is 13.7 Å². The zero-order chi connectivity index (χ0) is 12.0. The summed E-state index contributed by atoms with van der Waals surface area (Å²) in [4.78, 5) is 11.7. The van der Waals surface area contributed by atoms with Crippen molar-refractivity contribution in [3.63, 3.8) is 0 Å². The molecule has 0 saturated heterocycles. The smallest absolute Gasteiger partial charge is 0.255 e. The van der Waals surface area contributed by atoms with Gasteiger partial charge in [-0.25, -0.2) is 0 Å². The average molecular weight is 282 g/mol. The van der Waals surface area contributed by atoms with Crippen molar-refractivity contribution >= 4 is 21.8 Å². The molecule has 0 aromatic heterocycles. The number of carbonyl (C=O) groups excluding carboxylic acids is 1. The van der Waals surface area contributed by atoms with Gasteiger partial charge >= 0.3 is 0 Å². The molecule has 0 atom stereocenters. The van der Waals surface area contributed by atoms with E-state index in [-0.39, 0.29) is 5.91 Å². The van der Waals surface area contributed by atoms with Crippen LogP contribution in [0.1, 0.15) is 17.3 Å². The molecule has 1 amide bonds. The summed E-state index contributed by atoms with van der Waals surface area (Å²) >= 11 is 3.32. The second-order valence-corrected chi connectivity index (χ2v) is 3.87. The summed E-state index contributed by atoms with van der Waals surface area (Å²) in [5.74, 6) is 5.82. The van der Waals surface area contributed by atoms with E-state index in [9.17, 15) is 4.79 Å². The fraction of sp³-hybridized carbons (Fsp3) is 0.250. The van der Waals surface area contributed by atoms with Gasteiger partial charge in [0, 0.05) is 4.47 Å². The summed E-state index contributed by atoms with van der Waals surface area (Å²) < 4.78 is 6.00. The Morgan fingerprint density at radius 1 is 1.56 bits per heavy atom. The SMILES string of the molecule is CC#CCNC(=O)c1ccc(Br)cc1OC. The van der Waals surface area contributed by atoms with Gasteiger partial charge in [-0.3, -0.25) is 4.79 Å². The molecule has 3 nitrogen and oxygen atoms in total. The maximum absolute atomic E-state index is 11.7. The summed E-state index contributed by atoms with van der Waals surface area (Å²) in [5, 5.41) is 2.69. The standard InChI is InChI=1S/C12H12BrNO2/c1-3-4-7-14-12(15)10-6-5-9(13)8-11(10)16-2/h5-6,8H,7H2,1-2H3,(H,14,15). The van der Waals surface area contributed by atoms with Gasteiger partial charge < -0.3 is 10.1 Å². The van der Waals surface area contributed by atoms with Crippen LogP contribution in [0.25, 0.3) is 0 Å². The van der Waals surface area contributed by atoms with Crippen molar-refractivity contribution in [3.05, 3.63) is 28.2 Å². The first kappa shape index (κ1) is 12.6. The van der Waals surface area contributed by atoms with Gasteiger partial charge in [0.05, 0.1) is 19.2 Å². The Balaban J connectivity index is 2.84. The molecule has 0 spiro atoms. The maximum Gasteiger partial charge on any atom is 0.255 e. The first-order valence-corrected chi connectivity index (χ1v) is 5.49. The van der Waals surface area contributed by atoms with Crippen molar-refractivity contribution in [1.29, 1.82) is 0 Å². The number of halogens is 1. The van der Waals surface area contributed by atoms with E-state index in [4.69, 9.17) is 4.74 Å². The maximum atomic E-state index is 11.7. The predicted octanol–water partition coefficient (Wildman–Crippen LogP) is 2.21. The normalized spacial score (nSPS) is 8.94. The van der Waals surface area contributed by atoms with E-state index >= 15 is 0 Å². The predicted molar refractivity (Wildman–Crippen MR) is 66.5 cm³/mol. The third-order valence-corrected chi connectivity index (χ3v) is 2.42. The highest BCUT2D eigenvalue weighted by atomic mass is 79.9. The average Bonchev–Trinajstić information content (AvgIpc) is 2.29. The van der Waals surface area contributed by atoms with Crippen LogP contribution in [0.15, 0.2) is 22.7 Å². The Morgan fingerprint density at radius 2 is 2.31 bits per heavy atom. The van der Waals surface area contributed by atoms with Crippen molar-refractivity contribution in [2.45, 2.75) is 6.92 Å². The second kappa shape index (κ2) is 6.19. The Labute approximate surface area is 103 Å². The molecule has 0 radical (unpaired) electrons. The third kappa shape index (κ3) is 3.28. The van der Waals surface area contributed by atoms with Crippen LogP contribution in [0.3, 0.4) is 0 Å². The van der Waals surface area contributed by atoms with E-state index in [1.165, 1.54) is 7.11 Å². The van der Waals surface area contributed by atoms with Crippen LogP contribution in [-0.2, 0) is 0 Å². The number of carbonyl (C=O) groups is 1. The lowest BCUT2D eigenvalue weighted by molar-refractivity contribution is 0.0955. The molecule has 1 rings (SSSR count). The molecule has 0 fully saturated rings. The number of hydrogen-bond donors (Lipinski definition) is 1. The van der Waals surface area contributed by atoms with Crippen LogP contribution >= 0.6 is 15.9 Å². The minimum Gasteiger partial charge on any atom is -0.496 e. The fourth-order valence-electron chi connectivity index (χ4n) is 1.16. The molecular formula is C12H12BrNO2. The number of hydrogen-bond acceptors (Lipinski definition) is 2. The van der Waals surface area contributed by atoms with Crippen molar-refractivity contribution < 1.29 is 9.53 Å². The van der Waals surface area contributed by atoms with Gasteiger partial charge in [-0.15, -0.1) is 5.92 Å². The van der Waals surface area contributed by atoms with Gasteiger partial charge in [0.15, 0.2) is 0 Å². The van der Waals surface area contributed by atoms with Crippen LogP contribution in [-0.4, -0.2) is 19.6 Å². The number of methoxy groups -OCH3 is 1. The van der Waals surface area contributed by atoms with Crippen LogP contribution in [0.5, 0.6) is 5.75 Å². The minimum atomic E-state index is -0.188. The quantitative estimate of drug-likeness (QED) is 0.863. The molecule has 0 aliphatic heterocycles. The van der Waals surface area contributed by atoms with Gasteiger partial charge in [-0.2, -0.15) is 0 Å². The van der Waals surface area contributed by atoms with Gasteiger partial charge in [0.2, 0.25) is 0 Å². The summed E-state index contributed by atoms with van der Waals surface area (Å²) in [6.45, 7) is 2.07. The molecule has 0 aliphatic rings. The first-order valence-electron chi connectivity index (χ1n) is 4.70. The number of nitrogens with one attached hydrogen (secondary N) is 1. The minimum absolute atomic E-state index is 0.188. The Morgan fingerprint density at radius 3 is 2.94 bits per heavy atom. The summed E-state index contributed by atoms with van der Waals surface area (Å²) in [6.07, 6.45) is 0. The van der Waals surface area contributed by atoms with Gasteiger partial charge in [-0.1, -0.05) is 21.9 Å². The number of ether oxygens (including phenoxy) is 1. The molecule has 4 heteroatoms. The summed E-state index contributed by atoms with van der Waals surface area (Å²) in [5.41, 5.74) is 0.503. The Hall–Kier alpha value is -1.47. The lowest BCUT2D eigenvalue weighted by Crippen LogP contribution is -2.24. The Bertz CT molecular complexity index is 446. The van der Waals surface area contributed by atoms with E-state index in [1.807, 2.05) is 0 Å². The van der Waals surface area contributed by atoms with Gasteiger partial charge in [-0.05, 0) is 25.1 Å². The highest BCUT2D eigenvalue weighted by molar-refractivity contribution is 9.10. The Kier molecular flexibility index (Phi) is 4.87. The number of benzene rings is 1. The molecule has 1 N–H and O–H groups in total. The lowest BCUT2D eigenvalue weighted by atomic mass is 10.2.